The molecule has 0 saturated heterocycles. The summed E-state index contributed by atoms with van der Waals surface area (Å²) in [4.78, 5) is 23.7. The van der Waals surface area contributed by atoms with Gasteiger partial charge in [0.25, 0.3) is 0 Å². The van der Waals surface area contributed by atoms with Gasteiger partial charge in [0, 0.05) is 28.8 Å². The van der Waals surface area contributed by atoms with E-state index in [0.29, 0.717) is 45.9 Å². The van der Waals surface area contributed by atoms with Gasteiger partial charge in [0.2, 0.25) is 6.79 Å². The Hall–Kier alpha value is -6.57. The van der Waals surface area contributed by atoms with Crippen LogP contribution in [0.5, 0.6) is 17.2 Å². The minimum Gasteiger partial charge on any atom is -0.458 e. The van der Waals surface area contributed by atoms with E-state index in [1.54, 1.807) is 42.5 Å². The maximum absolute atomic E-state index is 13.3. The van der Waals surface area contributed by atoms with Crippen LogP contribution in [0.1, 0.15) is 34.2 Å². The van der Waals surface area contributed by atoms with Gasteiger partial charge in [0.1, 0.15) is 23.0 Å². The van der Waals surface area contributed by atoms with E-state index in [1.807, 2.05) is 42.5 Å². The Morgan fingerprint density at radius 2 is 1.22 bits per heavy atom. The fourth-order valence-electron chi connectivity index (χ4n) is 4.34. The molecule has 0 N–H and O–H groups in total. The maximum Gasteiger partial charge on any atom is 0.335 e. The van der Waals surface area contributed by atoms with Gasteiger partial charge in [0.15, 0.2) is 0 Å². The minimum atomic E-state index is -0.657. The van der Waals surface area contributed by atoms with Crippen molar-refractivity contribution in [2.24, 2.45) is 0 Å². The molecular weight excluding hydrogens is 619 g/mol. The van der Waals surface area contributed by atoms with Gasteiger partial charge in [-0.3, -0.25) is 4.39 Å². The molecule has 0 bridgehead atoms. The summed E-state index contributed by atoms with van der Waals surface area (Å²) in [5.41, 5.74) is 5.05. The first-order chi connectivity index (χ1) is 23.8. The van der Waals surface area contributed by atoms with E-state index >= 15 is 0 Å². The zero-order chi connectivity index (χ0) is 35.0. The second-order valence-electron chi connectivity index (χ2n) is 10.3. The number of esters is 2. The molecule has 0 aliphatic carbocycles. The smallest absolute Gasteiger partial charge is 0.335 e. The molecule has 0 heterocycles. The van der Waals surface area contributed by atoms with Gasteiger partial charge in [0.05, 0.1) is 12.2 Å². The lowest BCUT2D eigenvalue weighted by Crippen LogP contribution is -2.07. The van der Waals surface area contributed by atoms with Crippen molar-refractivity contribution < 1.29 is 32.9 Å². The number of rotatable bonds is 13. The molecular formula is C42H33FO6. The average molecular weight is 653 g/mol. The normalized spacial score (nSPS) is 9.82. The Morgan fingerprint density at radius 1 is 0.673 bits per heavy atom. The van der Waals surface area contributed by atoms with E-state index in [2.05, 4.69) is 50.0 Å². The van der Waals surface area contributed by atoms with Crippen molar-refractivity contribution in [1.29, 1.82) is 0 Å². The summed E-state index contributed by atoms with van der Waals surface area (Å²) >= 11 is 0. The number of hydrogen-bond acceptors (Lipinski definition) is 6. The third kappa shape index (κ3) is 10.7. The molecule has 0 amide bonds. The van der Waals surface area contributed by atoms with Crippen LogP contribution in [0.4, 0.5) is 4.39 Å². The number of hydrogen-bond donors (Lipinski definition) is 0. The maximum atomic E-state index is 13.3. The van der Waals surface area contributed by atoms with Gasteiger partial charge < -0.3 is 18.9 Å². The Labute approximate surface area is 285 Å². The molecule has 0 aliphatic rings. The summed E-state index contributed by atoms with van der Waals surface area (Å²) < 4.78 is 34.8. The molecule has 0 unspecified atom stereocenters. The average Bonchev–Trinajstić information content (AvgIpc) is 3.13. The molecule has 0 aliphatic heterocycles. The summed E-state index contributed by atoms with van der Waals surface area (Å²) in [5.74, 6) is 12.9. The number of aryl methyl sites for hydroxylation is 1. The van der Waals surface area contributed by atoms with Crippen molar-refractivity contribution in [3.8, 4) is 52.1 Å². The summed E-state index contributed by atoms with van der Waals surface area (Å²) in [6, 6.07) is 25.3. The standard InChI is InChI=1S/C42H33FO6/c1-5-30(4)46-29-47-37-21-14-32(15-22-37)16-25-39-36(9-8-26-43)27-33(28-40(39)49-42(45)7-3)11-10-31-12-17-34(18-13-31)35-19-23-38(24-20-35)48-41(44)6-2/h5-7,12-15,17-24,27-28H,1-4,8-9,26,29H2. The Balaban J connectivity index is 1.59. The van der Waals surface area contributed by atoms with Crippen LogP contribution in [0.25, 0.3) is 11.1 Å². The molecule has 4 rings (SSSR count). The van der Waals surface area contributed by atoms with Crippen LogP contribution in [-0.4, -0.2) is 25.4 Å². The van der Waals surface area contributed by atoms with E-state index in [1.165, 1.54) is 6.08 Å². The Kier molecular flexibility index (Phi) is 12.9. The largest absolute Gasteiger partial charge is 0.458 e. The van der Waals surface area contributed by atoms with Crippen molar-refractivity contribution in [1.82, 2.24) is 0 Å². The van der Waals surface area contributed by atoms with Gasteiger partial charge in [-0.2, -0.15) is 0 Å². The second kappa shape index (κ2) is 17.9. The zero-order valence-electron chi connectivity index (χ0n) is 26.8. The molecule has 7 heteroatoms. The number of carbonyl (C=O) groups excluding carboxylic acids is 2. The van der Waals surface area contributed by atoms with Crippen LogP contribution in [0.2, 0.25) is 0 Å². The molecule has 0 atom stereocenters. The van der Waals surface area contributed by atoms with Crippen molar-refractivity contribution in [2.75, 3.05) is 13.5 Å². The van der Waals surface area contributed by atoms with Gasteiger partial charge in [-0.25, -0.2) is 9.59 Å². The third-order valence-electron chi connectivity index (χ3n) is 6.83. The lowest BCUT2D eigenvalue weighted by Gasteiger charge is -2.11. The fraction of sp³-hybridized carbons (Fsp3) is 0.0952. The first-order valence-corrected chi connectivity index (χ1v) is 15.1. The predicted molar refractivity (Wildman–Crippen MR) is 189 cm³/mol. The summed E-state index contributed by atoms with van der Waals surface area (Å²) in [6.45, 7) is 13.6. The number of ether oxygens (including phenoxy) is 4. The SMILES string of the molecule is C=CC(=C)OCOc1ccc(C#Cc2c(CCCF)cc(C#Cc3ccc(-c4ccc(OC(=O)C=C)cc4)cc3)cc2OC(=O)C=C)cc1. The van der Waals surface area contributed by atoms with Crippen LogP contribution in [0, 0.1) is 23.7 Å². The van der Waals surface area contributed by atoms with Crippen LogP contribution in [0.15, 0.2) is 135 Å². The molecule has 0 radical (unpaired) electrons. The predicted octanol–water partition coefficient (Wildman–Crippen LogP) is 8.29. The molecule has 0 fully saturated rings. The van der Waals surface area contributed by atoms with E-state index in [9.17, 15) is 14.0 Å². The first-order valence-electron chi connectivity index (χ1n) is 15.1. The van der Waals surface area contributed by atoms with Crippen molar-refractivity contribution in [3.05, 3.63) is 163 Å². The fourth-order valence-corrected chi connectivity index (χ4v) is 4.34. The monoisotopic (exact) mass is 652 g/mol. The van der Waals surface area contributed by atoms with Crippen LogP contribution in [-0.2, 0) is 20.7 Å². The molecule has 4 aromatic rings. The number of benzene rings is 4. The van der Waals surface area contributed by atoms with Gasteiger partial charge in [-0.1, -0.05) is 74.3 Å². The molecule has 0 spiro atoms. The first kappa shape index (κ1) is 35.3. The number of allylic oxidation sites excluding steroid dienone is 1. The lowest BCUT2D eigenvalue weighted by atomic mass is 9.98. The molecule has 4 aromatic carbocycles. The van der Waals surface area contributed by atoms with E-state index < -0.39 is 18.6 Å². The molecule has 0 saturated carbocycles. The van der Waals surface area contributed by atoms with Crippen molar-refractivity contribution in [3.63, 3.8) is 0 Å². The molecule has 6 nitrogen and oxygen atoms in total. The number of halogens is 1. The number of alkyl halides is 1. The van der Waals surface area contributed by atoms with Crippen molar-refractivity contribution >= 4 is 11.9 Å². The third-order valence-corrected chi connectivity index (χ3v) is 6.83. The van der Waals surface area contributed by atoms with E-state index in [4.69, 9.17) is 18.9 Å². The summed E-state index contributed by atoms with van der Waals surface area (Å²) in [6.07, 6.45) is 4.27. The highest BCUT2D eigenvalue weighted by atomic mass is 19.1. The van der Waals surface area contributed by atoms with E-state index in [0.717, 1.165) is 28.8 Å². The Bertz CT molecular complexity index is 1970. The minimum absolute atomic E-state index is 0.0151. The summed E-state index contributed by atoms with van der Waals surface area (Å²) in [7, 11) is 0. The van der Waals surface area contributed by atoms with Gasteiger partial charge in [-0.05, 0) is 96.3 Å². The van der Waals surface area contributed by atoms with Gasteiger partial charge in [-0.15, -0.1) is 0 Å². The van der Waals surface area contributed by atoms with E-state index in [-0.39, 0.29) is 19.0 Å². The number of carbonyl (C=O) groups is 2. The van der Waals surface area contributed by atoms with Crippen molar-refractivity contribution in [2.45, 2.75) is 12.8 Å². The molecule has 49 heavy (non-hydrogen) atoms. The zero-order valence-corrected chi connectivity index (χ0v) is 26.8. The van der Waals surface area contributed by atoms with Crippen LogP contribution >= 0.6 is 0 Å². The highest BCUT2D eigenvalue weighted by Crippen LogP contribution is 2.27. The lowest BCUT2D eigenvalue weighted by molar-refractivity contribution is -0.129. The quantitative estimate of drug-likeness (QED) is 0.0275. The molecule has 0 aromatic heterocycles. The highest BCUT2D eigenvalue weighted by Gasteiger charge is 2.13. The Morgan fingerprint density at radius 3 is 1.84 bits per heavy atom. The highest BCUT2D eigenvalue weighted by molar-refractivity contribution is 5.84. The molecule has 244 valence electrons. The summed E-state index contributed by atoms with van der Waals surface area (Å²) in [5, 5.41) is 0. The van der Waals surface area contributed by atoms with Crippen LogP contribution < -0.4 is 14.2 Å². The second-order valence-corrected chi connectivity index (χ2v) is 10.3. The van der Waals surface area contributed by atoms with Gasteiger partial charge >= 0.3 is 11.9 Å². The van der Waals surface area contributed by atoms with Crippen LogP contribution in [0.3, 0.4) is 0 Å². The topological polar surface area (TPSA) is 71.1 Å².